The monoisotopic (exact) mass is 419 g/mol. The Balaban J connectivity index is 1.32. The normalized spacial score (nSPS) is 41.8. The second kappa shape index (κ2) is 7.86. The summed E-state index contributed by atoms with van der Waals surface area (Å²) < 4.78 is 0. The lowest BCUT2D eigenvalue weighted by atomic mass is 9.45. The van der Waals surface area contributed by atoms with Crippen molar-refractivity contribution in [1.29, 1.82) is 0 Å². The minimum absolute atomic E-state index is 0.151. The second-order valence-electron chi connectivity index (χ2n) is 11.2. The molecule has 4 aliphatic carbocycles. The van der Waals surface area contributed by atoms with Gasteiger partial charge in [0.25, 0.3) is 5.91 Å². The molecule has 1 heterocycles. The lowest BCUT2D eigenvalue weighted by molar-refractivity contribution is -0.0913. The van der Waals surface area contributed by atoms with E-state index >= 15 is 0 Å². The van der Waals surface area contributed by atoms with Crippen LogP contribution in [0, 0.1) is 40.4 Å². The molecule has 4 aliphatic rings. The fraction of sp³-hybridized carbons (Fsp3) is 0.667. The van der Waals surface area contributed by atoms with E-state index < -0.39 is 0 Å². The summed E-state index contributed by atoms with van der Waals surface area (Å²) in [5.74, 6) is 3.79. The number of aromatic nitrogens is 1. The summed E-state index contributed by atoms with van der Waals surface area (Å²) in [5, 5.41) is 4.59. The van der Waals surface area contributed by atoms with Gasteiger partial charge in [-0.1, -0.05) is 26.0 Å². The predicted octanol–water partition coefficient (Wildman–Crippen LogP) is 6.01. The number of carbonyl (C=O) groups excluding carboxylic acids is 1. The maximum absolute atomic E-state index is 12.4. The number of allylic oxidation sites excluding steroid dienone is 2. The van der Waals surface area contributed by atoms with Crippen LogP contribution in [0.15, 0.2) is 41.8 Å². The molecule has 0 aromatic carbocycles. The third kappa shape index (κ3) is 3.37. The average Bonchev–Trinajstić information content (AvgIpc) is 3.14. The van der Waals surface area contributed by atoms with Gasteiger partial charge in [0.2, 0.25) is 0 Å². The maximum Gasteiger partial charge on any atom is 0.271 e. The van der Waals surface area contributed by atoms with E-state index in [1.54, 1.807) is 24.5 Å². The second-order valence-corrected chi connectivity index (χ2v) is 11.2. The Bertz CT molecular complexity index is 893. The molecular formula is C27H37N3O. The molecule has 0 saturated heterocycles. The molecule has 0 bridgehead atoms. The van der Waals surface area contributed by atoms with Crippen molar-refractivity contribution in [2.45, 2.75) is 72.1 Å². The molecule has 0 unspecified atom stereocenters. The number of fused-ring (bicyclic) bond motifs is 5. The summed E-state index contributed by atoms with van der Waals surface area (Å²) in [4.78, 5) is 16.4. The Morgan fingerprint density at radius 3 is 2.61 bits per heavy atom. The average molecular weight is 420 g/mol. The molecule has 3 fully saturated rings. The molecule has 166 valence electrons. The number of rotatable bonds is 3. The van der Waals surface area contributed by atoms with Crippen LogP contribution >= 0.6 is 0 Å². The molecular weight excluding hydrogens is 382 g/mol. The number of hydrogen-bond acceptors (Lipinski definition) is 3. The summed E-state index contributed by atoms with van der Waals surface area (Å²) in [6.07, 6.45) is 18.8. The van der Waals surface area contributed by atoms with Gasteiger partial charge in [0.1, 0.15) is 0 Å². The van der Waals surface area contributed by atoms with E-state index in [0.29, 0.717) is 22.3 Å². The molecule has 5 rings (SSSR count). The molecule has 4 nitrogen and oxygen atoms in total. The van der Waals surface area contributed by atoms with Crippen LogP contribution in [-0.4, -0.2) is 16.6 Å². The van der Waals surface area contributed by atoms with Crippen LogP contribution in [0.25, 0.3) is 0 Å². The highest BCUT2D eigenvalue weighted by atomic mass is 16.2. The van der Waals surface area contributed by atoms with Gasteiger partial charge < -0.3 is 0 Å². The van der Waals surface area contributed by atoms with Gasteiger partial charge in [0, 0.05) is 29.6 Å². The Hall–Kier alpha value is -1.97. The van der Waals surface area contributed by atoms with Gasteiger partial charge in [0.15, 0.2) is 0 Å². The Morgan fingerprint density at radius 2 is 1.81 bits per heavy atom. The van der Waals surface area contributed by atoms with Crippen molar-refractivity contribution in [3.05, 3.63) is 42.2 Å². The van der Waals surface area contributed by atoms with Crippen molar-refractivity contribution in [2.75, 3.05) is 0 Å². The number of nitrogens with zero attached hydrogens (tertiary/aromatic N) is 2. The standard InChI is InChI=1S/C27H37N3O/c1-18(29-30-25(31)19-12-16-28-17-13-19)22-9-10-23-21-8-7-20-6-4-5-14-26(20,2)24(21)11-15-27(22,23)3/h4-5,12-13,16-17,20-24H,6-11,14-15H2,1-3H3,(H,30,31)/b29-18-/t20-,21-,22+,23-,24-,26+,27-/m1/s1. The van der Waals surface area contributed by atoms with Crippen LogP contribution in [0.2, 0.25) is 0 Å². The van der Waals surface area contributed by atoms with Crippen molar-refractivity contribution < 1.29 is 4.79 Å². The zero-order chi connectivity index (χ0) is 21.6. The van der Waals surface area contributed by atoms with Gasteiger partial charge in [0.05, 0.1) is 0 Å². The van der Waals surface area contributed by atoms with Gasteiger partial charge in [-0.2, -0.15) is 5.10 Å². The minimum atomic E-state index is -0.151. The highest BCUT2D eigenvalue weighted by Gasteiger charge is 2.59. The summed E-state index contributed by atoms with van der Waals surface area (Å²) in [5.41, 5.74) is 5.35. The molecule has 0 aliphatic heterocycles. The van der Waals surface area contributed by atoms with E-state index in [0.717, 1.165) is 29.4 Å². The molecule has 1 aromatic heterocycles. The van der Waals surface area contributed by atoms with E-state index in [-0.39, 0.29) is 5.91 Å². The molecule has 7 atom stereocenters. The zero-order valence-electron chi connectivity index (χ0n) is 19.3. The van der Waals surface area contributed by atoms with Crippen LogP contribution in [0.4, 0.5) is 0 Å². The lowest BCUT2D eigenvalue weighted by Crippen LogP contribution is -2.52. The molecule has 3 saturated carbocycles. The molecule has 1 N–H and O–H groups in total. The number of nitrogens with one attached hydrogen (secondary N) is 1. The van der Waals surface area contributed by atoms with Crippen LogP contribution in [0.5, 0.6) is 0 Å². The Kier molecular flexibility index (Phi) is 5.30. The first-order chi connectivity index (χ1) is 14.9. The summed E-state index contributed by atoms with van der Waals surface area (Å²) in [7, 11) is 0. The smallest absolute Gasteiger partial charge is 0.267 e. The summed E-state index contributed by atoms with van der Waals surface area (Å²) >= 11 is 0. The van der Waals surface area contributed by atoms with E-state index in [1.807, 2.05) is 0 Å². The van der Waals surface area contributed by atoms with Gasteiger partial charge in [-0.25, -0.2) is 5.43 Å². The summed E-state index contributed by atoms with van der Waals surface area (Å²) in [6, 6.07) is 3.46. The van der Waals surface area contributed by atoms with Crippen molar-refractivity contribution >= 4 is 11.6 Å². The van der Waals surface area contributed by atoms with E-state index in [9.17, 15) is 4.79 Å². The van der Waals surface area contributed by atoms with Crippen LogP contribution in [0.1, 0.15) is 82.5 Å². The number of hydrazone groups is 1. The van der Waals surface area contributed by atoms with E-state index in [2.05, 4.69) is 48.4 Å². The Morgan fingerprint density at radius 1 is 1.03 bits per heavy atom. The molecule has 1 aromatic rings. The molecule has 0 radical (unpaired) electrons. The fourth-order valence-corrected chi connectivity index (χ4v) is 8.31. The molecule has 31 heavy (non-hydrogen) atoms. The number of hydrogen-bond donors (Lipinski definition) is 1. The zero-order valence-corrected chi connectivity index (χ0v) is 19.3. The third-order valence-electron chi connectivity index (χ3n) is 9.99. The largest absolute Gasteiger partial charge is 0.271 e. The fourth-order valence-electron chi connectivity index (χ4n) is 8.31. The minimum Gasteiger partial charge on any atom is -0.267 e. The van der Waals surface area contributed by atoms with Crippen LogP contribution < -0.4 is 5.43 Å². The predicted molar refractivity (Wildman–Crippen MR) is 125 cm³/mol. The SMILES string of the molecule is C/C(=N/NC(=O)c1ccncc1)[C@@H]1CC[C@@H]2[C@H]3CC[C@H]4CC=CC[C@]4(C)[C@@H]3CC[C@@]21C. The molecule has 1 amide bonds. The lowest BCUT2D eigenvalue weighted by Gasteiger charge is -2.59. The van der Waals surface area contributed by atoms with Gasteiger partial charge in [-0.15, -0.1) is 0 Å². The third-order valence-corrected chi connectivity index (χ3v) is 9.99. The maximum atomic E-state index is 12.4. The highest BCUT2D eigenvalue weighted by Crippen LogP contribution is 2.67. The van der Waals surface area contributed by atoms with Crippen molar-refractivity contribution in [3.63, 3.8) is 0 Å². The first-order valence-electron chi connectivity index (χ1n) is 12.3. The first kappa shape index (κ1) is 20.9. The highest BCUT2D eigenvalue weighted by molar-refractivity contribution is 5.95. The van der Waals surface area contributed by atoms with Crippen LogP contribution in [-0.2, 0) is 0 Å². The van der Waals surface area contributed by atoms with Crippen LogP contribution in [0.3, 0.4) is 0 Å². The van der Waals surface area contributed by atoms with Crippen molar-refractivity contribution in [3.8, 4) is 0 Å². The first-order valence-corrected chi connectivity index (χ1v) is 12.3. The van der Waals surface area contributed by atoms with Crippen molar-refractivity contribution in [1.82, 2.24) is 10.4 Å². The van der Waals surface area contributed by atoms with Gasteiger partial charge in [-0.05, 0) is 105 Å². The van der Waals surface area contributed by atoms with Gasteiger partial charge >= 0.3 is 0 Å². The Labute approximate surface area is 187 Å². The topological polar surface area (TPSA) is 54.4 Å². The van der Waals surface area contributed by atoms with Crippen molar-refractivity contribution in [2.24, 2.45) is 45.5 Å². The van der Waals surface area contributed by atoms with Gasteiger partial charge in [-0.3, -0.25) is 9.78 Å². The number of carbonyl (C=O) groups is 1. The number of pyridine rings is 1. The van der Waals surface area contributed by atoms with E-state index in [1.165, 1.54) is 51.4 Å². The summed E-state index contributed by atoms with van der Waals surface area (Å²) in [6.45, 7) is 7.26. The quantitative estimate of drug-likeness (QED) is 0.370. The molecule has 4 heteroatoms. The number of amides is 1. The molecule has 0 spiro atoms. The van der Waals surface area contributed by atoms with E-state index in [4.69, 9.17) is 0 Å².